The number of H-pyrrole nitrogens is 1. The Morgan fingerprint density at radius 1 is 1.03 bits per heavy atom. The lowest BCUT2D eigenvalue weighted by molar-refractivity contribution is 0.435. The first-order valence-electron chi connectivity index (χ1n) is 11.5. The molecule has 3 N–H and O–H groups in total. The van der Waals surface area contributed by atoms with Gasteiger partial charge in [0.1, 0.15) is 5.82 Å². The highest BCUT2D eigenvalue weighted by molar-refractivity contribution is 6.42. The van der Waals surface area contributed by atoms with Gasteiger partial charge < -0.3 is 20.2 Å². The highest BCUT2D eigenvalue weighted by Crippen LogP contribution is 2.33. The number of fused-ring (bicyclic) bond motifs is 1. The van der Waals surface area contributed by atoms with Gasteiger partial charge in [-0.1, -0.05) is 47.5 Å². The van der Waals surface area contributed by atoms with E-state index >= 15 is 0 Å². The Balaban J connectivity index is 1.31. The maximum Gasteiger partial charge on any atom is 0.113 e. The van der Waals surface area contributed by atoms with E-state index in [1.165, 1.54) is 11.1 Å². The molecule has 172 valence electrons. The smallest absolute Gasteiger partial charge is 0.113 e. The second-order valence-corrected chi connectivity index (χ2v) is 9.47. The molecule has 0 radical (unpaired) electrons. The van der Waals surface area contributed by atoms with Crippen molar-refractivity contribution in [2.24, 2.45) is 0 Å². The second-order valence-electron chi connectivity index (χ2n) is 8.66. The van der Waals surface area contributed by atoms with E-state index in [2.05, 4.69) is 49.4 Å². The molecule has 8 heteroatoms. The molecule has 4 aromatic rings. The van der Waals surface area contributed by atoms with Crippen LogP contribution in [0.4, 0.5) is 0 Å². The first kappa shape index (κ1) is 22.4. The summed E-state index contributed by atoms with van der Waals surface area (Å²) in [5.74, 6) is 1.57. The van der Waals surface area contributed by atoms with Crippen molar-refractivity contribution >= 4 is 34.2 Å². The molecule has 6 nitrogen and oxygen atoms in total. The topological polar surface area (TPSA) is 70.6 Å². The van der Waals surface area contributed by atoms with Crippen LogP contribution in [-0.2, 0) is 19.5 Å². The summed E-state index contributed by atoms with van der Waals surface area (Å²) >= 11 is 12.7. The molecular weight excluding hydrogens is 455 g/mol. The molecular formula is C25H28Cl2N6. The molecule has 1 aliphatic heterocycles. The zero-order valence-corrected chi connectivity index (χ0v) is 20.0. The second kappa shape index (κ2) is 10.3. The summed E-state index contributed by atoms with van der Waals surface area (Å²) in [4.78, 5) is 12.2. The minimum absolute atomic E-state index is 0.439. The van der Waals surface area contributed by atoms with Crippen LogP contribution in [0.25, 0.3) is 11.0 Å². The third kappa shape index (κ3) is 5.25. The molecule has 0 amide bonds. The van der Waals surface area contributed by atoms with Gasteiger partial charge in [-0.25, -0.2) is 9.97 Å². The van der Waals surface area contributed by atoms with Crippen LogP contribution >= 0.6 is 23.2 Å². The van der Waals surface area contributed by atoms with E-state index < -0.39 is 0 Å². The third-order valence-corrected chi connectivity index (χ3v) is 7.07. The van der Waals surface area contributed by atoms with Gasteiger partial charge in [0, 0.05) is 43.9 Å². The summed E-state index contributed by atoms with van der Waals surface area (Å²) in [5, 5.41) is 8.07. The number of imidazole rings is 2. The van der Waals surface area contributed by atoms with Crippen LogP contribution in [0.5, 0.6) is 0 Å². The molecule has 0 spiro atoms. The number of rotatable bonds is 8. The van der Waals surface area contributed by atoms with Gasteiger partial charge in [0.2, 0.25) is 0 Å². The predicted octanol–water partition coefficient (Wildman–Crippen LogP) is 4.91. The summed E-state index contributed by atoms with van der Waals surface area (Å²) in [7, 11) is 0. The van der Waals surface area contributed by atoms with Gasteiger partial charge in [0.25, 0.3) is 0 Å². The fraction of sp³-hybridized carbons (Fsp3) is 0.360. The Hall–Kier alpha value is -2.38. The molecule has 0 unspecified atom stereocenters. The molecule has 3 heterocycles. The van der Waals surface area contributed by atoms with Crippen molar-refractivity contribution in [3.8, 4) is 0 Å². The van der Waals surface area contributed by atoms with Crippen LogP contribution in [0.15, 0.2) is 48.9 Å². The summed E-state index contributed by atoms with van der Waals surface area (Å²) in [6.07, 6.45) is 6.71. The van der Waals surface area contributed by atoms with Crippen molar-refractivity contribution in [3.63, 3.8) is 0 Å². The Morgan fingerprint density at radius 3 is 2.55 bits per heavy atom. The molecule has 5 rings (SSSR count). The van der Waals surface area contributed by atoms with E-state index in [0.717, 1.165) is 74.5 Å². The van der Waals surface area contributed by atoms with Gasteiger partial charge in [0.15, 0.2) is 0 Å². The van der Waals surface area contributed by atoms with Crippen LogP contribution in [0, 0.1) is 0 Å². The summed E-state index contributed by atoms with van der Waals surface area (Å²) in [5.41, 5.74) is 5.62. The number of benzene rings is 2. The van der Waals surface area contributed by atoms with Crippen LogP contribution in [0.2, 0.25) is 10.0 Å². The SMILES string of the molecule is Clc1cc2nc(C3CCNCC3)n(Cc3ccc(CNCCc4cnc[nH]4)cc3)c2cc1Cl. The highest BCUT2D eigenvalue weighted by Gasteiger charge is 2.23. The average molecular weight is 483 g/mol. The Morgan fingerprint density at radius 2 is 1.79 bits per heavy atom. The molecule has 2 aromatic carbocycles. The molecule has 33 heavy (non-hydrogen) atoms. The van der Waals surface area contributed by atoms with Crippen LogP contribution in [0.1, 0.15) is 41.4 Å². The number of halogens is 2. The number of aromatic nitrogens is 4. The molecule has 1 aliphatic rings. The standard InChI is InChI=1S/C25H28Cl2N6/c26-21-11-23-24(12-22(21)27)33(25(32-23)19-5-8-28-9-6-19)15-18-3-1-17(2-4-18)13-29-10-7-20-14-30-16-31-20/h1-4,11-12,14,16,19,28-29H,5-10,13,15H2,(H,30,31). The fourth-order valence-electron chi connectivity index (χ4n) is 4.52. The molecule has 0 atom stereocenters. The van der Waals surface area contributed by atoms with Crippen molar-refractivity contribution < 1.29 is 0 Å². The number of hydrogen-bond donors (Lipinski definition) is 3. The Labute approximate surface area is 203 Å². The lowest BCUT2D eigenvalue weighted by Crippen LogP contribution is -2.28. The number of nitrogens with one attached hydrogen (secondary N) is 3. The van der Waals surface area contributed by atoms with Crippen molar-refractivity contribution in [1.29, 1.82) is 0 Å². The average Bonchev–Trinajstić information content (AvgIpc) is 3.47. The van der Waals surface area contributed by atoms with Crippen molar-refractivity contribution in [1.82, 2.24) is 30.2 Å². The van der Waals surface area contributed by atoms with Gasteiger partial charge >= 0.3 is 0 Å². The zero-order chi connectivity index (χ0) is 22.6. The fourth-order valence-corrected chi connectivity index (χ4v) is 4.83. The largest absolute Gasteiger partial charge is 0.348 e. The van der Waals surface area contributed by atoms with Crippen molar-refractivity contribution in [3.05, 3.63) is 81.6 Å². The maximum atomic E-state index is 6.38. The van der Waals surface area contributed by atoms with Gasteiger partial charge in [-0.05, 0) is 49.2 Å². The Kier molecular flexibility index (Phi) is 6.97. The minimum atomic E-state index is 0.439. The number of hydrogen-bond acceptors (Lipinski definition) is 4. The number of nitrogens with zero attached hydrogens (tertiary/aromatic N) is 3. The number of piperidine rings is 1. The molecule has 2 aromatic heterocycles. The van der Waals surface area contributed by atoms with E-state index in [-0.39, 0.29) is 0 Å². The van der Waals surface area contributed by atoms with Crippen molar-refractivity contribution in [2.75, 3.05) is 19.6 Å². The van der Waals surface area contributed by atoms with E-state index in [9.17, 15) is 0 Å². The van der Waals surface area contributed by atoms with Crippen molar-refractivity contribution in [2.45, 2.75) is 38.3 Å². The van der Waals surface area contributed by atoms with Crippen LogP contribution in [0.3, 0.4) is 0 Å². The van der Waals surface area contributed by atoms with E-state index in [1.807, 2.05) is 18.3 Å². The first-order valence-corrected chi connectivity index (χ1v) is 12.2. The molecule has 1 fully saturated rings. The number of aromatic amines is 1. The molecule has 0 saturated carbocycles. The molecule has 0 aliphatic carbocycles. The predicted molar refractivity (Wildman–Crippen MR) is 134 cm³/mol. The first-order chi connectivity index (χ1) is 16.2. The Bertz CT molecular complexity index is 1190. The van der Waals surface area contributed by atoms with E-state index in [1.54, 1.807) is 6.33 Å². The normalized spacial score (nSPS) is 14.8. The monoisotopic (exact) mass is 482 g/mol. The maximum absolute atomic E-state index is 6.38. The lowest BCUT2D eigenvalue weighted by atomic mass is 9.97. The van der Waals surface area contributed by atoms with Gasteiger partial charge in [-0.3, -0.25) is 0 Å². The van der Waals surface area contributed by atoms with E-state index in [0.29, 0.717) is 16.0 Å². The minimum Gasteiger partial charge on any atom is -0.348 e. The van der Waals surface area contributed by atoms with Gasteiger partial charge in [0.05, 0.1) is 27.4 Å². The lowest BCUT2D eigenvalue weighted by Gasteiger charge is -2.23. The van der Waals surface area contributed by atoms with Crippen LogP contribution < -0.4 is 10.6 Å². The molecule has 0 bridgehead atoms. The summed E-state index contributed by atoms with van der Waals surface area (Å²) < 4.78 is 2.32. The van der Waals surface area contributed by atoms with Gasteiger partial charge in [-0.15, -0.1) is 0 Å². The zero-order valence-electron chi connectivity index (χ0n) is 18.5. The summed E-state index contributed by atoms with van der Waals surface area (Å²) in [6, 6.07) is 12.7. The van der Waals surface area contributed by atoms with E-state index in [4.69, 9.17) is 28.2 Å². The molecule has 1 saturated heterocycles. The van der Waals surface area contributed by atoms with Crippen LogP contribution in [-0.4, -0.2) is 39.2 Å². The van der Waals surface area contributed by atoms with Gasteiger partial charge in [-0.2, -0.15) is 0 Å². The quantitative estimate of drug-likeness (QED) is 0.312. The highest BCUT2D eigenvalue weighted by atomic mass is 35.5. The third-order valence-electron chi connectivity index (χ3n) is 6.34. The summed E-state index contributed by atoms with van der Waals surface area (Å²) in [6.45, 7) is 4.57.